The van der Waals surface area contributed by atoms with Gasteiger partial charge in [-0.3, -0.25) is 13.7 Å². The first kappa shape index (κ1) is 25.4. The molecular formula is C30H30N2O3S. The molecule has 0 heterocycles. The van der Waals surface area contributed by atoms with Crippen LogP contribution in [0.1, 0.15) is 40.8 Å². The zero-order valence-corrected chi connectivity index (χ0v) is 21.0. The van der Waals surface area contributed by atoms with Crippen LogP contribution >= 0.6 is 0 Å². The Balaban J connectivity index is 1.74. The molecule has 3 atom stereocenters. The van der Waals surface area contributed by atoms with Gasteiger partial charge in [0.2, 0.25) is 5.91 Å². The number of aryl methyl sites for hydroxylation is 2. The van der Waals surface area contributed by atoms with E-state index in [1.807, 2.05) is 122 Å². The van der Waals surface area contributed by atoms with Gasteiger partial charge in [-0.15, -0.1) is 0 Å². The topological polar surface area (TPSA) is 69.6 Å². The highest BCUT2D eigenvalue weighted by molar-refractivity contribution is 7.80. The molecule has 4 rings (SSSR count). The summed E-state index contributed by atoms with van der Waals surface area (Å²) < 4.78 is 24.9. The van der Waals surface area contributed by atoms with E-state index in [-0.39, 0.29) is 5.91 Å². The van der Waals surface area contributed by atoms with Crippen molar-refractivity contribution in [1.29, 1.82) is 0 Å². The van der Waals surface area contributed by atoms with Crippen molar-refractivity contribution >= 4 is 22.9 Å². The maximum atomic E-state index is 13.2. The largest absolute Gasteiger partial charge is 0.347 e. The van der Waals surface area contributed by atoms with Crippen molar-refractivity contribution < 1.29 is 13.6 Å². The molecule has 2 N–H and O–H groups in total. The zero-order valence-electron chi connectivity index (χ0n) is 20.2. The van der Waals surface area contributed by atoms with Gasteiger partial charge >= 0.3 is 0 Å². The van der Waals surface area contributed by atoms with Crippen LogP contribution in [-0.2, 0) is 22.5 Å². The molecule has 0 aliphatic carbocycles. The Morgan fingerprint density at radius 3 is 1.89 bits per heavy atom. The van der Waals surface area contributed by atoms with Crippen molar-refractivity contribution in [2.75, 3.05) is 4.31 Å². The van der Waals surface area contributed by atoms with Gasteiger partial charge in [-0.05, 0) is 42.2 Å². The van der Waals surface area contributed by atoms with Crippen molar-refractivity contribution in [1.82, 2.24) is 5.32 Å². The zero-order chi connectivity index (χ0) is 25.3. The van der Waals surface area contributed by atoms with Crippen LogP contribution in [0.25, 0.3) is 0 Å². The third-order valence-corrected chi connectivity index (χ3v) is 6.90. The van der Waals surface area contributed by atoms with Crippen molar-refractivity contribution in [3.05, 3.63) is 138 Å². The van der Waals surface area contributed by atoms with E-state index >= 15 is 0 Å². The lowest BCUT2D eigenvalue weighted by molar-refractivity contribution is -0.122. The quantitative estimate of drug-likeness (QED) is 0.257. The van der Waals surface area contributed by atoms with E-state index in [4.69, 9.17) is 0 Å². The van der Waals surface area contributed by atoms with Gasteiger partial charge in [0.1, 0.15) is 0 Å². The minimum absolute atomic E-state index is 0.124. The summed E-state index contributed by atoms with van der Waals surface area (Å²) in [6.07, 6.45) is 0.916. The van der Waals surface area contributed by atoms with Crippen LogP contribution in [0.5, 0.6) is 0 Å². The molecule has 0 fully saturated rings. The number of carbonyl (C=O) groups is 1. The highest BCUT2D eigenvalue weighted by Crippen LogP contribution is 2.38. The molecule has 184 valence electrons. The summed E-state index contributed by atoms with van der Waals surface area (Å²) in [4.78, 5) is 13.2. The van der Waals surface area contributed by atoms with Crippen LogP contribution in [0.3, 0.4) is 0 Å². The molecular weight excluding hydrogens is 468 g/mol. The lowest BCUT2D eigenvalue weighted by Gasteiger charge is -2.37. The average Bonchev–Trinajstić information content (AvgIpc) is 2.91. The minimum atomic E-state index is -2.35. The van der Waals surface area contributed by atoms with Gasteiger partial charge in [0.25, 0.3) is 11.3 Å². The predicted molar refractivity (Wildman–Crippen MR) is 146 cm³/mol. The molecule has 0 aliphatic rings. The number of anilines is 1. The number of amides is 1. The number of benzene rings is 4. The molecule has 36 heavy (non-hydrogen) atoms. The Bertz CT molecular complexity index is 1270. The Morgan fingerprint density at radius 1 is 0.806 bits per heavy atom. The lowest BCUT2D eigenvalue weighted by atomic mass is 9.92. The first-order valence-electron chi connectivity index (χ1n) is 11.9. The first-order valence-corrected chi connectivity index (χ1v) is 13.0. The number of carbonyl (C=O) groups excluding carboxylic acids is 1. The molecule has 0 aliphatic heterocycles. The Labute approximate surface area is 215 Å². The molecule has 4 aromatic carbocycles. The van der Waals surface area contributed by atoms with Crippen LogP contribution in [0.4, 0.5) is 5.69 Å². The van der Waals surface area contributed by atoms with Crippen LogP contribution in [0.15, 0.2) is 115 Å². The Morgan fingerprint density at radius 2 is 1.33 bits per heavy atom. The Kier molecular flexibility index (Phi) is 8.66. The summed E-state index contributed by atoms with van der Waals surface area (Å²) in [6, 6.07) is 35.3. The van der Waals surface area contributed by atoms with E-state index in [0.29, 0.717) is 18.5 Å². The molecule has 5 nitrogen and oxygen atoms in total. The van der Waals surface area contributed by atoms with Crippen molar-refractivity contribution in [2.45, 2.75) is 31.8 Å². The van der Waals surface area contributed by atoms with Gasteiger partial charge in [0.15, 0.2) is 0 Å². The predicted octanol–water partition coefficient (Wildman–Crippen LogP) is 6.17. The van der Waals surface area contributed by atoms with Gasteiger partial charge < -0.3 is 5.32 Å². The number of nitrogens with zero attached hydrogens (tertiary/aromatic N) is 1. The second-order valence-corrected chi connectivity index (χ2v) is 9.54. The third kappa shape index (κ3) is 6.47. The van der Waals surface area contributed by atoms with Gasteiger partial charge in [-0.1, -0.05) is 109 Å². The lowest BCUT2D eigenvalue weighted by Crippen LogP contribution is -2.42. The number of nitrogens with one attached hydrogen (secondary N) is 1. The molecule has 0 aromatic heterocycles. The van der Waals surface area contributed by atoms with E-state index < -0.39 is 23.4 Å². The maximum Gasteiger partial charge on any atom is 0.262 e. The van der Waals surface area contributed by atoms with Crippen LogP contribution < -0.4 is 9.62 Å². The highest BCUT2D eigenvalue weighted by Gasteiger charge is 2.34. The summed E-state index contributed by atoms with van der Waals surface area (Å²) in [7, 11) is 0. The molecule has 4 aromatic rings. The van der Waals surface area contributed by atoms with Crippen LogP contribution in [0.2, 0.25) is 0 Å². The number of hydrogen-bond acceptors (Lipinski definition) is 2. The standard InChI is InChI=1S/C30H30N2O3S/c1-23-17-20-27(21-18-23)32(36(34)35)30(26-15-9-4-10-16-26)29(25-13-7-3-8-14-25)31-28(33)22-19-24-11-5-2-6-12-24/h2-18,20-21,29-30H,19,22H2,1H3,(H,31,33)(H,34,35). The average molecular weight is 499 g/mol. The van der Waals surface area contributed by atoms with Gasteiger partial charge in [0.05, 0.1) is 17.8 Å². The van der Waals surface area contributed by atoms with E-state index in [1.165, 1.54) is 4.31 Å². The van der Waals surface area contributed by atoms with E-state index in [2.05, 4.69) is 5.32 Å². The van der Waals surface area contributed by atoms with Crippen LogP contribution in [-0.4, -0.2) is 14.7 Å². The smallest absolute Gasteiger partial charge is 0.262 e. The van der Waals surface area contributed by atoms with Crippen molar-refractivity contribution in [3.8, 4) is 0 Å². The fourth-order valence-corrected chi connectivity index (χ4v) is 5.05. The fourth-order valence-electron chi connectivity index (χ4n) is 4.31. The maximum absolute atomic E-state index is 13.2. The highest BCUT2D eigenvalue weighted by atomic mass is 32.2. The van der Waals surface area contributed by atoms with Gasteiger partial charge in [0, 0.05) is 6.42 Å². The van der Waals surface area contributed by atoms with E-state index in [0.717, 1.165) is 22.3 Å². The second-order valence-electron chi connectivity index (χ2n) is 8.69. The van der Waals surface area contributed by atoms with Gasteiger partial charge in [-0.25, -0.2) is 4.21 Å². The molecule has 0 radical (unpaired) electrons. The number of hydrogen-bond donors (Lipinski definition) is 2. The molecule has 0 spiro atoms. The monoisotopic (exact) mass is 498 g/mol. The normalized spacial score (nSPS) is 13.4. The summed E-state index contributed by atoms with van der Waals surface area (Å²) in [5, 5.41) is 3.19. The van der Waals surface area contributed by atoms with Crippen molar-refractivity contribution in [3.63, 3.8) is 0 Å². The summed E-state index contributed by atoms with van der Waals surface area (Å²) in [6.45, 7) is 1.97. The summed E-state index contributed by atoms with van der Waals surface area (Å²) in [5.74, 6) is -0.124. The van der Waals surface area contributed by atoms with Crippen LogP contribution in [0, 0.1) is 6.92 Å². The van der Waals surface area contributed by atoms with Gasteiger partial charge in [-0.2, -0.15) is 0 Å². The molecule has 0 saturated heterocycles. The molecule has 0 saturated carbocycles. The molecule has 0 bridgehead atoms. The fraction of sp³-hybridized carbons (Fsp3) is 0.167. The third-order valence-electron chi connectivity index (χ3n) is 6.12. The van der Waals surface area contributed by atoms with E-state index in [1.54, 1.807) is 0 Å². The SMILES string of the molecule is Cc1ccc(N(C(c2ccccc2)C(NC(=O)CCc2ccccc2)c2ccccc2)S(=O)O)cc1. The van der Waals surface area contributed by atoms with E-state index in [9.17, 15) is 13.6 Å². The summed E-state index contributed by atoms with van der Waals surface area (Å²) >= 11 is -2.35. The molecule has 1 amide bonds. The molecule has 6 heteroatoms. The number of rotatable bonds is 10. The molecule has 3 unspecified atom stereocenters. The first-order chi connectivity index (χ1) is 17.5. The van der Waals surface area contributed by atoms with Crippen molar-refractivity contribution in [2.24, 2.45) is 0 Å². The Hall–Kier alpha value is -3.74. The summed E-state index contributed by atoms with van der Waals surface area (Å²) in [5.41, 5.74) is 4.39. The minimum Gasteiger partial charge on any atom is -0.347 e. The second kappa shape index (κ2) is 12.3.